The topological polar surface area (TPSA) is 40.5 Å². The van der Waals surface area contributed by atoms with E-state index in [4.69, 9.17) is 0 Å². The third kappa shape index (κ3) is 14.7. The van der Waals surface area contributed by atoms with Gasteiger partial charge in [-0.2, -0.15) is 35.3 Å². The zero-order chi connectivity index (χ0) is 40.3. The predicted molar refractivity (Wildman–Crippen MR) is 253 cm³/mol. The lowest BCUT2D eigenvalue weighted by molar-refractivity contribution is 0.445. The maximum absolute atomic E-state index is 10.5. The zero-order valence-electron chi connectivity index (χ0n) is 37.1. The minimum atomic E-state index is -0.00982. The molecule has 2 saturated heterocycles. The first-order chi connectivity index (χ1) is 26.8. The lowest BCUT2D eigenvalue weighted by Gasteiger charge is -2.41. The first-order valence-corrected chi connectivity index (χ1v) is 26.2. The highest BCUT2D eigenvalue weighted by Gasteiger charge is 2.46. The molecule has 2 nitrogen and oxygen atoms in total. The van der Waals surface area contributed by atoms with E-state index in [0.29, 0.717) is 11.5 Å². The Hall–Kier alpha value is -0.910. The van der Waals surface area contributed by atoms with Crippen molar-refractivity contribution in [1.29, 1.82) is 0 Å². The van der Waals surface area contributed by atoms with Crippen molar-refractivity contribution in [3.05, 3.63) is 58.7 Å². The molecule has 2 aliphatic heterocycles. The highest BCUT2D eigenvalue weighted by atomic mass is 32.2. The highest BCUT2D eigenvalue weighted by molar-refractivity contribution is 8.08. The average molecular weight is 823 g/mol. The van der Waals surface area contributed by atoms with Crippen molar-refractivity contribution in [3.63, 3.8) is 0 Å². The zero-order valence-corrected chi connectivity index (χ0v) is 39.5. The van der Waals surface area contributed by atoms with Crippen LogP contribution in [0.1, 0.15) is 200 Å². The van der Waals surface area contributed by atoms with Crippen LogP contribution in [0.2, 0.25) is 0 Å². The number of hydrogen-bond acceptors (Lipinski definition) is 5. The molecule has 0 bridgehead atoms. The second kappa shape index (κ2) is 22.1. The van der Waals surface area contributed by atoms with Crippen LogP contribution in [0.25, 0.3) is 0 Å². The van der Waals surface area contributed by atoms with Gasteiger partial charge in [0, 0.05) is 31.5 Å². The number of aryl methyl sites for hydroxylation is 2. The number of phenolic OH excluding ortho intramolecular Hbond substituents is 2. The van der Waals surface area contributed by atoms with Gasteiger partial charge in [0.15, 0.2) is 0 Å². The summed E-state index contributed by atoms with van der Waals surface area (Å²) in [4.78, 5) is 0. The fraction of sp³-hybridized carbons (Fsp3) is 0.765. The van der Waals surface area contributed by atoms with Crippen LogP contribution in [-0.4, -0.2) is 41.7 Å². The van der Waals surface area contributed by atoms with Crippen LogP contribution < -0.4 is 0 Å². The Labute approximate surface area is 358 Å². The SMILES string of the molecule is CCCC1SC(CCC)C(CC2SC2CCCCCCCc2ccc(C(C)(C)C)c(O)c2)SC1CC1CC1CCCCCCCc1ccc(C(C)(C)C)c(O)c1. The van der Waals surface area contributed by atoms with Gasteiger partial charge in [0.25, 0.3) is 0 Å². The fourth-order valence-corrected chi connectivity index (χ4v) is 15.2. The second-order valence-electron chi connectivity index (χ2n) is 20.3. The largest absolute Gasteiger partial charge is 0.508 e. The van der Waals surface area contributed by atoms with E-state index in [-0.39, 0.29) is 10.8 Å². The van der Waals surface area contributed by atoms with Crippen LogP contribution in [0, 0.1) is 11.8 Å². The number of hydrogen-bond donors (Lipinski definition) is 2. The molecule has 316 valence electrons. The quantitative estimate of drug-likeness (QED) is 0.0815. The molecule has 0 aromatic heterocycles. The second-order valence-corrected chi connectivity index (χ2v) is 24.7. The Morgan fingerprint density at radius 1 is 0.482 bits per heavy atom. The Balaban J connectivity index is 0.945. The molecule has 2 N–H and O–H groups in total. The first-order valence-electron chi connectivity index (χ1n) is 23.4. The molecule has 5 rings (SSSR count). The molecular weight excluding hydrogens is 741 g/mol. The van der Waals surface area contributed by atoms with E-state index < -0.39 is 0 Å². The summed E-state index contributed by atoms with van der Waals surface area (Å²) in [5, 5.41) is 26.4. The Morgan fingerprint density at radius 3 is 1.38 bits per heavy atom. The van der Waals surface area contributed by atoms with Gasteiger partial charge in [0.05, 0.1) is 0 Å². The van der Waals surface area contributed by atoms with E-state index in [2.05, 4.69) is 115 Å². The molecule has 2 aromatic carbocycles. The van der Waals surface area contributed by atoms with Gasteiger partial charge in [0.1, 0.15) is 11.5 Å². The number of unbranched alkanes of at least 4 members (excludes halogenated alkanes) is 8. The average Bonchev–Trinajstić information content (AvgIpc) is 4.05. The third-order valence-electron chi connectivity index (χ3n) is 13.2. The summed E-state index contributed by atoms with van der Waals surface area (Å²) < 4.78 is 0. The van der Waals surface area contributed by atoms with Crippen molar-refractivity contribution in [2.24, 2.45) is 11.8 Å². The summed E-state index contributed by atoms with van der Waals surface area (Å²) in [5.74, 6) is 2.95. The van der Waals surface area contributed by atoms with Gasteiger partial charge in [0.2, 0.25) is 0 Å². The van der Waals surface area contributed by atoms with E-state index in [1.165, 1.54) is 133 Å². The van der Waals surface area contributed by atoms with Gasteiger partial charge in [-0.3, -0.25) is 0 Å². The van der Waals surface area contributed by atoms with Crippen molar-refractivity contribution < 1.29 is 10.2 Å². The summed E-state index contributed by atoms with van der Waals surface area (Å²) in [6.45, 7) is 17.8. The van der Waals surface area contributed by atoms with Crippen LogP contribution in [0.4, 0.5) is 0 Å². The molecule has 3 fully saturated rings. The molecule has 0 radical (unpaired) electrons. The number of thioether (sulfide) groups is 3. The van der Waals surface area contributed by atoms with E-state index >= 15 is 0 Å². The molecule has 1 aliphatic carbocycles. The van der Waals surface area contributed by atoms with Crippen molar-refractivity contribution in [3.8, 4) is 11.5 Å². The van der Waals surface area contributed by atoms with E-state index in [1.807, 2.05) is 12.1 Å². The number of aromatic hydroxyl groups is 2. The van der Waals surface area contributed by atoms with Crippen molar-refractivity contribution in [1.82, 2.24) is 0 Å². The maximum atomic E-state index is 10.5. The fourth-order valence-electron chi connectivity index (χ4n) is 9.62. The maximum Gasteiger partial charge on any atom is 0.119 e. The van der Waals surface area contributed by atoms with Crippen LogP contribution in [0.3, 0.4) is 0 Å². The van der Waals surface area contributed by atoms with Crippen molar-refractivity contribution in [2.75, 3.05) is 0 Å². The number of rotatable bonds is 24. The molecule has 3 aliphatic rings. The van der Waals surface area contributed by atoms with Gasteiger partial charge >= 0.3 is 0 Å². The third-order valence-corrected chi connectivity index (χ3v) is 18.5. The van der Waals surface area contributed by atoms with Gasteiger partial charge in [-0.15, -0.1) is 0 Å². The molecule has 56 heavy (non-hydrogen) atoms. The summed E-state index contributed by atoms with van der Waals surface area (Å²) >= 11 is 7.24. The molecule has 1 saturated carbocycles. The highest BCUT2D eigenvalue weighted by Crippen LogP contribution is 2.56. The van der Waals surface area contributed by atoms with Gasteiger partial charge < -0.3 is 10.2 Å². The van der Waals surface area contributed by atoms with Gasteiger partial charge in [-0.1, -0.05) is 150 Å². The molecule has 2 heterocycles. The summed E-state index contributed by atoms with van der Waals surface area (Å²) in [5.41, 5.74) is 4.65. The number of benzene rings is 2. The Kier molecular flexibility index (Phi) is 18.2. The molecule has 2 aromatic rings. The van der Waals surface area contributed by atoms with Crippen molar-refractivity contribution in [2.45, 2.75) is 233 Å². The normalized spacial score (nSPS) is 26.4. The van der Waals surface area contributed by atoms with E-state index in [0.717, 1.165) is 67.3 Å². The summed E-state index contributed by atoms with van der Waals surface area (Å²) in [7, 11) is 0. The molecule has 0 spiro atoms. The minimum absolute atomic E-state index is 0.00887. The van der Waals surface area contributed by atoms with Gasteiger partial charge in [-0.25, -0.2) is 0 Å². The van der Waals surface area contributed by atoms with Crippen molar-refractivity contribution >= 4 is 35.3 Å². The Morgan fingerprint density at radius 2 is 0.893 bits per heavy atom. The lowest BCUT2D eigenvalue weighted by atomic mass is 9.85. The molecule has 0 amide bonds. The number of phenols is 2. The summed E-state index contributed by atoms with van der Waals surface area (Å²) in [6, 6.07) is 12.7. The van der Waals surface area contributed by atoms with E-state index in [1.54, 1.807) is 0 Å². The van der Waals surface area contributed by atoms with Crippen LogP contribution in [0.15, 0.2) is 36.4 Å². The van der Waals surface area contributed by atoms with E-state index in [9.17, 15) is 10.2 Å². The Bertz CT molecular complexity index is 1350. The smallest absolute Gasteiger partial charge is 0.119 e. The van der Waals surface area contributed by atoms with Gasteiger partial charge in [-0.05, 0) is 121 Å². The van der Waals surface area contributed by atoms with Crippen LogP contribution in [0.5, 0.6) is 11.5 Å². The van der Waals surface area contributed by atoms with Crippen LogP contribution >= 0.6 is 35.3 Å². The monoisotopic (exact) mass is 823 g/mol. The molecular formula is C51H82O2S3. The molecule has 5 heteroatoms. The first kappa shape index (κ1) is 46.2. The predicted octanol–water partition coefficient (Wildman–Crippen LogP) is 15.6. The standard InChI is InChI=1S/C51H82O2S3/c1-9-21-44-47(34-39-33-38(39)25-19-15-11-13-17-23-36-27-29-40(42(52)31-36)50(3,4)5)56-48(45(54-44)22-10-2)35-49-46(55-49)26-20-16-12-14-18-24-37-28-30-41(43(53)32-37)51(6,7)8/h27-32,38-39,44-49,52-53H,9-26,33-35H2,1-8H3. The lowest BCUT2D eigenvalue weighted by Crippen LogP contribution is -2.37. The van der Waals surface area contributed by atoms with Crippen LogP contribution in [-0.2, 0) is 23.7 Å². The summed E-state index contributed by atoms with van der Waals surface area (Å²) in [6.07, 6.45) is 28.4. The molecule has 8 unspecified atom stereocenters. The minimum Gasteiger partial charge on any atom is -0.508 e. The molecule has 8 atom stereocenters.